The molecule has 0 atom stereocenters. The van der Waals surface area contributed by atoms with Crippen molar-refractivity contribution in [3.63, 3.8) is 0 Å². The Labute approximate surface area is 709 Å². The summed E-state index contributed by atoms with van der Waals surface area (Å²) in [5.74, 6) is 0. The second kappa shape index (κ2) is 28.8. The van der Waals surface area contributed by atoms with Crippen LogP contribution in [0.25, 0.3) is 172 Å². The molecule has 0 saturated heterocycles. The van der Waals surface area contributed by atoms with Crippen LogP contribution in [-0.4, -0.2) is 29.3 Å². The molecule has 0 amide bonds. The highest BCUT2D eigenvalue weighted by Gasteiger charge is 2.43. The van der Waals surface area contributed by atoms with Crippen LogP contribution in [0.2, 0.25) is 0 Å². The Morgan fingerprint density at radius 1 is 0.262 bits per heavy atom. The summed E-state index contributed by atoms with van der Waals surface area (Å²) in [5.41, 5.74) is 33.3. The summed E-state index contributed by atoms with van der Waals surface area (Å²) < 4.78 is 17.1. The molecule has 580 valence electrons. The molecule has 7 nitrogen and oxygen atoms in total. The Kier molecular flexibility index (Phi) is 17.4. The zero-order valence-electron chi connectivity index (χ0n) is 68.6. The first-order chi connectivity index (χ1) is 59.6. The van der Waals surface area contributed by atoms with Gasteiger partial charge in [-0.2, -0.15) is 0 Å². The molecule has 0 fully saturated rings. The second-order valence-corrected chi connectivity index (χ2v) is 36.8. The van der Waals surface area contributed by atoms with Gasteiger partial charge in [-0.25, -0.2) is 24.9 Å². The molecular weight excluding hydrogens is 1500 g/mol. The third-order valence-corrected chi connectivity index (χ3v) is 29.0. The summed E-state index contributed by atoms with van der Waals surface area (Å²) in [6.45, 7) is 14.0. The van der Waals surface area contributed by atoms with E-state index in [0.29, 0.717) is 0 Å². The Balaban J connectivity index is 0.000000114. The molecule has 122 heavy (non-hydrogen) atoms. The van der Waals surface area contributed by atoms with Crippen molar-refractivity contribution in [3.05, 3.63) is 428 Å². The minimum absolute atomic E-state index is 0.101. The molecule has 3 aliphatic rings. The number of imidazole rings is 1. The Hall–Kier alpha value is -14.6. The normalized spacial score (nSPS) is 13.6. The molecule has 6 heterocycles. The molecule has 15 aromatic carbocycles. The maximum absolute atomic E-state index is 15.0. The van der Waals surface area contributed by atoms with Crippen molar-refractivity contribution in [1.29, 1.82) is 0 Å². The smallest absolute Gasteiger partial charge is 0.171 e. The average molecular weight is 1580 g/mol. The molecule has 0 unspecified atom stereocenters. The molecule has 24 rings (SSSR count). The molecule has 3 aliphatic carbocycles. The summed E-state index contributed by atoms with van der Waals surface area (Å²) in [7, 11) is -3.09. The van der Waals surface area contributed by atoms with Gasteiger partial charge in [0.05, 0.1) is 50.5 Å². The van der Waals surface area contributed by atoms with Crippen LogP contribution >= 0.6 is 7.14 Å². The third kappa shape index (κ3) is 11.9. The van der Waals surface area contributed by atoms with Gasteiger partial charge in [-0.3, -0.25) is 0 Å². The van der Waals surface area contributed by atoms with Crippen LogP contribution in [0.4, 0.5) is 0 Å². The lowest BCUT2D eigenvalue weighted by Crippen LogP contribution is -2.24. The minimum Gasteiger partial charge on any atom is -0.309 e. The van der Waals surface area contributed by atoms with E-state index in [4.69, 9.17) is 24.9 Å². The predicted molar refractivity (Wildman–Crippen MR) is 509 cm³/mol. The standard InChI is InChI=1S/C49H35N2OP.C35H25N3.C30H23N/c1-49(2)41-20-12-11-19-40(41)48-47(49)45(46-39-18-10-9-13-32(39)25-29-44(46)51-48)34-23-21-33(22-24-34)42-28-26-35-31-38(27-30-43(35)50-42)53(52,36-14-5-3-6-15-36)37-16-7-4-8-17-37;1-35(2)27-12-6-5-11-26(27)34-33(35)31(32-25-10-4-3-9-22(25)18-19-28(32)37-34)24-16-14-23(15-17-24)29-21-38-20-8-7-13-30(38)36-29;1-30(2)25-14-8-6-12-23(25)29-28(30)27(24-13-7-9-15-26(24)31-29)22-18-16-21(17-19-22)20-10-4-3-5-11-20/h3-31H,1-2H3;3-21H,1-2H3;3-19H,1-2H3. The van der Waals surface area contributed by atoms with E-state index in [9.17, 15) is 0 Å². The highest BCUT2D eigenvalue weighted by molar-refractivity contribution is 7.85. The molecule has 0 saturated carbocycles. The Morgan fingerprint density at radius 2 is 0.648 bits per heavy atom. The number of benzene rings is 15. The maximum Gasteiger partial charge on any atom is 0.171 e. The first kappa shape index (κ1) is 73.7. The van der Waals surface area contributed by atoms with E-state index < -0.39 is 7.14 Å². The summed E-state index contributed by atoms with van der Waals surface area (Å²) in [6, 6.07) is 134. The van der Waals surface area contributed by atoms with E-state index in [1.165, 1.54) is 127 Å². The van der Waals surface area contributed by atoms with E-state index in [-0.39, 0.29) is 16.2 Å². The number of pyridine rings is 5. The number of nitrogens with zero attached hydrogens (tertiary/aromatic N) is 6. The summed E-state index contributed by atoms with van der Waals surface area (Å²) in [6.07, 6.45) is 4.13. The van der Waals surface area contributed by atoms with Crippen LogP contribution in [0.3, 0.4) is 0 Å². The first-order valence-corrected chi connectivity index (χ1v) is 43.7. The van der Waals surface area contributed by atoms with Crippen LogP contribution in [-0.2, 0) is 20.8 Å². The lowest BCUT2D eigenvalue weighted by atomic mass is 9.78. The van der Waals surface area contributed by atoms with E-state index >= 15 is 4.57 Å². The van der Waals surface area contributed by atoms with Gasteiger partial charge in [-0.1, -0.05) is 369 Å². The SMILES string of the molecule is CC1(C)c2ccccc2-c2nc3ccc4ccccc4c3c(-c3ccc(-c4ccc5cc(P(=O)(c6ccccc6)c6ccccc6)ccc5n4)cc3)c21.CC1(C)c2ccccc2-c2nc3ccc4ccccc4c3c(-c3ccc(-c4cn5ccccc5n4)cc3)c21.CC1(C)c2ccccc2-c2nc3ccccc3c(-c3ccc(-c4ccccc4)cc3)c21. The van der Waals surface area contributed by atoms with Crippen LogP contribution in [0, 0.1) is 0 Å². The number of fused-ring (bicyclic) bond motifs is 18. The van der Waals surface area contributed by atoms with Gasteiger partial charge < -0.3 is 8.97 Å². The quantitative estimate of drug-likeness (QED) is 0.106. The number of para-hydroxylation sites is 1. The molecule has 8 heteroatoms. The average Bonchev–Trinajstić information content (AvgIpc) is 1.54. The highest BCUT2D eigenvalue weighted by Crippen LogP contribution is 2.58. The first-order valence-electron chi connectivity index (χ1n) is 42.0. The fraction of sp³-hybridized carbons (Fsp3) is 0.0789. The van der Waals surface area contributed by atoms with Gasteiger partial charge in [-0.05, 0) is 154 Å². The molecule has 6 aromatic heterocycles. The molecule has 0 aliphatic heterocycles. The molecule has 0 bridgehead atoms. The monoisotopic (exact) mass is 1580 g/mol. The summed E-state index contributed by atoms with van der Waals surface area (Å²) >= 11 is 0. The summed E-state index contributed by atoms with van der Waals surface area (Å²) in [4.78, 5) is 25.8. The van der Waals surface area contributed by atoms with Crippen molar-refractivity contribution in [2.75, 3.05) is 0 Å². The van der Waals surface area contributed by atoms with Gasteiger partial charge in [0, 0.05) is 93.9 Å². The van der Waals surface area contributed by atoms with Crippen LogP contribution < -0.4 is 15.9 Å². The zero-order valence-corrected chi connectivity index (χ0v) is 69.5. The molecule has 0 radical (unpaired) electrons. The van der Waals surface area contributed by atoms with Gasteiger partial charge >= 0.3 is 0 Å². The highest BCUT2D eigenvalue weighted by atomic mass is 31.2. The van der Waals surface area contributed by atoms with Crippen LogP contribution in [0.15, 0.2) is 395 Å². The lowest BCUT2D eigenvalue weighted by Gasteiger charge is -2.25. The largest absolute Gasteiger partial charge is 0.309 e. The predicted octanol–water partition coefficient (Wildman–Crippen LogP) is 27.8. The van der Waals surface area contributed by atoms with Gasteiger partial charge in [0.15, 0.2) is 7.14 Å². The van der Waals surface area contributed by atoms with Gasteiger partial charge in [0.2, 0.25) is 0 Å². The van der Waals surface area contributed by atoms with Gasteiger partial charge in [0.25, 0.3) is 0 Å². The number of rotatable bonds is 9. The van der Waals surface area contributed by atoms with Crippen molar-refractivity contribution in [2.24, 2.45) is 0 Å². The van der Waals surface area contributed by atoms with Crippen molar-refractivity contribution in [3.8, 4) is 101 Å². The van der Waals surface area contributed by atoms with Crippen LogP contribution in [0.5, 0.6) is 0 Å². The minimum atomic E-state index is -3.09. The fourth-order valence-corrected chi connectivity index (χ4v) is 22.7. The topological polar surface area (TPSA) is 85.9 Å². The van der Waals surface area contributed by atoms with E-state index in [2.05, 4.69) is 343 Å². The zero-order chi connectivity index (χ0) is 82.2. The number of hydrogen-bond acceptors (Lipinski definition) is 6. The number of hydrogen-bond donors (Lipinski definition) is 0. The summed E-state index contributed by atoms with van der Waals surface area (Å²) in [5, 5.41) is 11.9. The molecular formula is C114H83N6OP. The maximum atomic E-state index is 15.0. The Bertz CT molecular complexity index is 7770. The van der Waals surface area contributed by atoms with Gasteiger partial charge in [-0.15, -0.1) is 0 Å². The van der Waals surface area contributed by atoms with Crippen molar-refractivity contribution in [1.82, 2.24) is 29.3 Å². The fourth-order valence-electron chi connectivity index (χ4n) is 20.0. The van der Waals surface area contributed by atoms with Crippen LogP contribution in [0.1, 0.15) is 74.9 Å². The molecule has 21 aromatic rings. The van der Waals surface area contributed by atoms with Crippen molar-refractivity contribution in [2.45, 2.75) is 57.8 Å². The van der Waals surface area contributed by atoms with E-state index in [1.807, 2.05) is 97.2 Å². The van der Waals surface area contributed by atoms with Gasteiger partial charge in [0.1, 0.15) is 5.65 Å². The molecule has 0 spiro atoms. The molecule has 0 N–H and O–H groups in total. The second-order valence-electron chi connectivity index (χ2n) is 34.1. The van der Waals surface area contributed by atoms with Crippen molar-refractivity contribution < 1.29 is 4.57 Å². The van der Waals surface area contributed by atoms with E-state index in [1.54, 1.807) is 0 Å². The Morgan fingerprint density at radius 3 is 1.16 bits per heavy atom. The van der Waals surface area contributed by atoms with E-state index in [0.717, 1.165) is 94.2 Å². The van der Waals surface area contributed by atoms with Crippen molar-refractivity contribution >= 4 is 93.9 Å². The lowest BCUT2D eigenvalue weighted by molar-refractivity contribution is 0.592. The third-order valence-electron chi connectivity index (χ3n) is 25.9. The number of aromatic nitrogens is 6.